The maximum absolute atomic E-state index is 11.5. The average molecular weight is 354 g/mol. The number of phenols is 1. The fourth-order valence-electron chi connectivity index (χ4n) is 3.89. The van der Waals surface area contributed by atoms with E-state index in [1.165, 1.54) is 12.1 Å². The Balaban J connectivity index is 2.05. The fourth-order valence-corrected chi connectivity index (χ4v) is 3.89. The van der Waals surface area contributed by atoms with Crippen LogP contribution in [0.2, 0.25) is 0 Å². The molecule has 2 N–H and O–H groups in total. The largest absolute Gasteiger partial charge is 0.507 e. The van der Waals surface area contributed by atoms with Crippen molar-refractivity contribution in [1.29, 1.82) is 0 Å². The van der Waals surface area contributed by atoms with Crippen molar-refractivity contribution in [3.8, 4) is 11.5 Å². The molecule has 25 heavy (non-hydrogen) atoms. The molecular weight excluding hydrogens is 316 g/mol. The summed E-state index contributed by atoms with van der Waals surface area (Å²) in [5.74, 6) is -1.71. The van der Waals surface area contributed by atoms with Crippen molar-refractivity contribution in [2.45, 2.75) is 70.6 Å². The summed E-state index contributed by atoms with van der Waals surface area (Å²) in [5.41, 5.74) is -0.0768. The number of rotatable bonds is 5. The lowest BCUT2D eigenvalue weighted by Gasteiger charge is -2.46. The molecule has 1 heterocycles. The summed E-state index contributed by atoms with van der Waals surface area (Å²) >= 11 is 0. The molecule has 3 rings (SSSR count). The third kappa shape index (κ3) is 3.39. The number of hydrogen-bond donors (Lipinski definition) is 2. The van der Waals surface area contributed by atoms with Gasteiger partial charge >= 0.3 is 5.97 Å². The zero-order valence-corrected chi connectivity index (χ0v) is 14.2. The number of fused-ring (bicyclic) bond motifs is 3. The van der Waals surface area contributed by atoms with Gasteiger partial charge in [-0.05, 0) is 57.2 Å². The van der Waals surface area contributed by atoms with Gasteiger partial charge in [0.15, 0.2) is 0 Å². The molecule has 0 saturated carbocycles. The molecule has 0 spiro atoms. The van der Waals surface area contributed by atoms with Gasteiger partial charge in [-0.25, -0.2) is 4.79 Å². The highest BCUT2D eigenvalue weighted by atomic mass is 16.5. The van der Waals surface area contributed by atoms with Gasteiger partial charge in [-0.3, -0.25) is 0 Å². The molecule has 1 aromatic rings. The summed E-state index contributed by atoms with van der Waals surface area (Å²) in [6, 6.07) is 2.62. The molecule has 2 atom stereocenters. The molecule has 2 aliphatic rings. The lowest BCUT2D eigenvalue weighted by molar-refractivity contribution is -0.133. The monoisotopic (exact) mass is 353 g/mol. The highest BCUT2D eigenvalue weighted by molar-refractivity contribution is 5.87. The van der Waals surface area contributed by atoms with Gasteiger partial charge in [-0.15, -0.1) is 0 Å². The van der Waals surface area contributed by atoms with Gasteiger partial charge < -0.3 is 14.9 Å². The molecule has 0 radical (unpaired) electrons. The highest BCUT2D eigenvalue weighted by Crippen LogP contribution is 2.53. The predicted molar refractivity (Wildman–Crippen MR) is 97.2 cm³/mol. The molecule has 0 bridgehead atoms. The molecule has 1 aliphatic heterocycles. The lowest BCUT2D eigenvalue weighted by Crippen LogP contribution is -2.45. The Labute approximate surface area is 162 Å². The Bertz CT molecular complexity index is 1030. The van der Waals surface area contributed by atoms with Crippen LogP contribution in [0.25, 0.3) is 0 Å². The average Bonchev–Trinajstić information content (AvgIpc) is 2.65. The summed E-state index contributed by atoms with van der Waals surface area (Å²) in [5, 5.41) is 20.3. The van der Waals surface area contributed by atoms with E-state index >= 15 is 0 Å². The van der Waals surface area contributed by atoms with Crippen molar-refractivity contribution in [2.24, 2.45) is 5.92 Å². The van der Waals surface area contributed by atoms with Gasteiger partial charge in [-0.2, -0.15) is 0 Å². The molecule has 1 aliphatic carbocycles. The normalized spacial score (nSPS) is 31.4. The number of allylic oxidation sites excluding steroid dienone is 1. The van der Waals surface area contributed by atoms with Crippen LogP contribution in [-0.4, -0.2) is 21.8 Å². The number of aromatic hydroxyl groups is 1. The van der Waals surface area contributed by atoms with Crippen LogP contribution in [0.5, 0.6) is 11.5 Å². The number of phenolic OH excluding ortho intramolecular Hbond substituents is 1. The van der Waals surface area contributed by atoms with E-state index in [0.29, 0.717) is 18.4 Å². The Hall–Kier alpha value is -1.97. The maximum atomic E-state index is 11.5. The molecule has 1 aromatic carbocycles. The summed E-state index contributed by atoms with van der Waals surface area (Å²) < 4.78 is 76.1. The van der Waals surface area contributed by atoms with Crippen LogP contribution in [0.3, 0.4) is 0 Å². The zero-order chi connectivity index (χ0) is 26.1. The molecule has 0 unspecified atom stereocenters. The molecule has 0 saturated heterocycles. The number of benzene rings is 1. The molecule has 0 aromatic heterocycles. The van der Waals surface area contributed by atoms with Crippen molar-refractivity contribution in [3.05, 3.63) is 34.9 Å². The SMILES string of the molecule is [2H]C([2H])([2H])C([2H])([2H])C([2H])([2H])C([2H])([2H])Cc1cc(O)c2c(c1)OC(C)(C)[C@@H]1CCC(C(=O)O)=C[C@@H]21. The number of carboxylic acid groups (broad SMARTS) is 1. The minimum atomic E-state index is -3.48. The molecular formula is C21H28O4. The molecule has 4 nitrogen and oxygen atoms in total. The number of carboxylic acids is 1. The summed E-state index contributed by atoms with van der Waals surface area (Å²) in [7, 11) is 0. The van der Waals surface area contributed by atoms with Crippen LogP contribution in [0.15, 0.2) is 23.8 Å². The first-order valence-corrected chi connectivity index (χ1v) is 8.22. The Morgan fingerprint density at radius 3 is 2.96 bits per heavy atom. The van der Waals surface area contributed by atoms with E-state index in [0.717, 1.165) is 0 Å². The number of carbonyl (C=O) groups is 1. The molecule has 0 amide bonds. The van der Waals surface area contributed by atoms with Gasteiger partial charge in [0, 0.05) is 35.3 Å². The smallest absolute Gasteiger partial charge is 0.331 e. The van der Waals surface area contributed by atoms with Gasteiger partial charge in [0.1, 0.15) is 17.1 Å². The second-order valence-electron chi connectivity index (χ2n) is 7.00. The van der Waals surface area contributed by atoms with E-state index in [1.54, 1.807) is 6.08 Å². The molecule has 4 heteroatoms. The summed E-state index contributed by atoms with van der Waals surface area (Å²) in [6.07, 6.45) is -8.08. The Morgan fingerprint density at radius 1 is 1.44 bits per heavy atom. The van der Waals surface area contributed by atoms with Crippen LogP contribution >= 0.6 is 0 Å². The van der Waals surface area contributed by atoms with Gasteiger partial charge in [0.25, 0.3) is 0 Å². The van der Waals surface area contributed by atoms with Crippen molar-refractivity contribution >= 4 is 5.97 Å². The third-order valence-electron chi connectivity index (χ3n) is 5.04. The quantitative estimate of drug-likeness (QED) is 0.798. The second kappa shape index (κ2) is 6.74. The first kappa shape index (κ1) is 9.65. The van der Waals surface area contributed by atoms with Gasteiger partial charge in [0.05, 0.1) is 0 Å². The van der Waals surface area contributed by atoms with Crippen molar-refractivity contribution < 1.29 is 32.1 Å². The topological polar surface area (TPSA) is 66.8 Å². The van der Waals surface area contributed by atoms with E-state index in [1.807, 2.05) is 13.8 Å². The van der Waals surface area contributed by atoms with Gasteiger partial charge in [-0.1, -0.05) is 25.7 Å². The first-order valence-electron chi connectivity index (χ1n) is 12.7. The van der Waals surface area contributed by atoms with E-state index in [-0.39, 0.29) is 28.6 Å². The molecule has 0 fully saturated rings. The van der Waals surface area contributed by atoms with E-state index < -0.39 is 49.9 Å². The fraction of sp³-hybridized carbons (Fsp3) is 0.571. The number of hydrogen-bond acceptors (Lipinski definition) is 3. The van der Waals surface area contributed by atoms with Crippen LogP contribution in [0.4, 0.5) is 0 Å². The van der Waals surface area contributed by atoms with Gasteiger partial charge in [0.2, 0.25) is 0 Å². The minimum absolute atomic E-state index is 0.0824. The summed E-state index contributed by atoms with van der Waals surface area (Å²) in [6.45, 7) is 0.262. The number of aliphatic carboxylic acids is 1. The first-order chi connectivity index (χ1) is 15.2. The minimum Gasteiger partial charge on any atom is -0.507 e. The van der Waals surface area contributed by atoms with Crippen LogP contribution < -0.4 is 4.74 Å². The second-order valence-corrected chi connectivity index (χ2v) is 7.00. The van der Waals surface area contributed by atoms with E-state index in [4.69, 9.17) is 17.1 Å². The lowest BCUT2D eigenvalue weighted by atomic mass is 9.67. The Morgan fingerprint density at radius 2 is 2.24 bits per heavy atom. The van der Waals surface area contributed by atoms with Crippen LogP contribution in [0, 0.1) is 5.92 Å². The predicted octanol–water partition coefficient (Wildman–Crippen LogP) is 4.80. The van der Waals surface area contributed by atoms with E-state index in [9.17, 15) is 15.0 Å². The van der Waals surface area contributed by atoms with Crippen molar-refractivity contribution in [3.63, 3.8) is 0 Å². The maximum Gasteiger partial charge on any atom is 0.331 e. The standard InChI is InChI=1S/C21H28O4/c1-4-5-6-7-13-10-17(22)19-15-12-14(20(23)24)8-9-16(15)21(2,3)25-18(19)11-13/h10-12,15-16,22H,4-9H2,1-3H3,(H,23,24)/t15-,16-/m1/s1/i1D3,4D2,5D2,6D2. The van der Waals surface area contributed by atoms with Crippen LogP contribution in [-0.2, 0) is 11.2 Å². The van der Waals surface area contributed by atoms with Crippen LogP contribution in [0.1, 0.15) is 82.0 Å². The van der Waals surface area contributed by atoms with E-state index in [2.05, 4.69) is 0 Å². The summed E-state index contributed by atoms with van der Waals surface area (Å²) in [4.78, 5) is 11.5. The molecule has 136 valence electrons. The number of ether oxygens (including phenoxy) is 1. The highest BCUT2D eigenvalue weighted by Gasteiger charge is 2.46. The van der Waals surface area contributed by atoms with Crippen molar-refractivity contribution in [1.82, 2.24) is 0 Å². The third-order valence-corrected chi connectivity index (χ3v) is 5.04. The number of aryl methyl sites for hydroxylation is 1. The zero-order valence-electron chi connectivity index (χ0n) is 23.2. The Kier molecular flexibility index (Phi) is 2.60. The van der Waals surface area contributed by atoms with Crippen molar-refractivity contribution in [2.75, 3.05) is 0 Å².